The molecule has 1 aromatic carbocycles. The molecule has 0 heteroatoms. The Bertz CT molecular complexity index is 312. The molecule has 0 N–H and O–H groups in total. The Morgan fingerprint density at radius 2 is 2.23 bits per heavy atom. The molecule has 0 unspecified atom stereocenters. The summed E-state index contributed by atoms with van der Waals surface area (Å²) in [5.74, 6) is 1.50. The average Bonchev–Trinajstić information content (AvgIpc) is 2.46. The zero-order valence-electron chi connectivity index (χ0n) is 8.16. The zero-order valence-corrected chi connectivity index (χ0v) is 8.16. The third-order valence-corrected chi connectivity index (χ3v) is 3.20. The summed E-state index contributed by atoms with van der Waals surface area (Å²) in [7, 11) is 0. The molecule has 0 aliphatic heterocycles. The van der Waals surface area contributed by atoms with Crippen LogP contribution in [-0.4, -0.2) is 0 Å². The quantitative estimate of drug-likeness (QED) is 0.598. The third-order valence-electron chi connectivity index (χ3n) is 3.20. The van der Waals surface area contributed by atoms with Crippen LogP contribution in [0.5, 0.6) is 0 Å². The van der Waals surface area contributed by atoms with Gasteiger partial charge in [0.15, 0.2) is 0 Å². The van der Waals surface area contributed by atoms with Crippen LogP contribution >= 0.6 is 0 Å². The smallest absolute Gasteiger partial charge is 0.0153 e. The van der Waals surface area contributed by atoms with Gasteiger partial charge in [-0.05, 0) is 35.8 Å². The summed E-state index contributed by atoms with van der Waals surface area (Å²) >= 11 is 0. The van der Waals surface area contributed by atoms with Crippen molar-refractivity contribution in [1.29, 1.82) is 0 Å². The molecule has 2 rings (SSSR count). The van der Waals surface area contributed by atoms with E-state index in [4.69, 9.17) is 0 Å². The van der Waals surface area contributed by atoms with Crippen LogP contribution in [0.3, 0.4) is 0 Å². The predicted octanol–water partition coefficient (Wildman–Crippen LogP) is 3.54. The SMILES string of the molecule is C=CC[C@@H]1Cc2ccccc2[C@H]1C. The van der Waals surface area contributed by atoms with E-state index >= 15 is 0 Å². The van der Waals surface area contributed by atoms with Gasteiger partial charge in [-0.15, -0.1) is 6.58 Å². The highest BCUT2D eigenvalue weighted by atomic mass is 14.3. The molecular weight excluding hydrogens is 156 g/mol. The van der Waals surface area contributed by atoms with Crippen LogP contribution in [0.2, 0.25) is 0 Å². The molecular formula is C13H16. The maximum Gasteiger partial charge on any atom is -0.0153 e. The van der Waals surface area contributed by atoms with Gasteiger partial charge < -0.3 is 0 Å². The molecule has 0 radical (unpaired) electrons. The molecule has 0 saturated carbocycles. The zero-order chi connectivity index (χ0) is 9.26. The Labute approximate surface area is 80.3 Å². The van der Waals surface area contributed by atoms with Crippen molar-refractivity contribution >= 4 is 0 Å². The maximum absolute atomic E-state index is 3.82. The lowest BCUT2D eigenvalue weighted by molar-refractivity contribution is 0.489. The first kappa shape index (κ1) is 8.55. The van der Waals surface area contributed by atoms with Crippen molar-refractivity contribution in [3.05, 3.63) is 48.0 Å². The largest absolute Gasteiger partial charge is 0.103 e. The first-order valence-corrected chi connectivity index (χ1v) is 5.01. The van der Waals surface area contributed by atoms with Gasteiger partial charge >= 0.3 is 0 Å². The van der Waals surface area contributed by atoms with Crippen molar-refractivity contribution in [2.24, 2.45) is 5.92 Å². The number of rotatable bonds is 2. The van der Waals surface area contributed by atoms with Gasteiger partial charge in [-0.25, -0.2) is 0 Å². The second-order valence-corrected chi connectivity index (χ2v) is 3.98. The number of hydrogen-bond donors (Lipinski definition) is 0. The van der Waals surface area contributed by atoms with E-state index in [1.54, 1.807) is 11.1 Å². The highest BCUT2D eigenvalue weighted by Crippen LogP contribution is 2.39. The van der Waals surface area contributed by atoms with E-state index in [2.05, 4.69) is 37.8 Å². The molecule has 2 atom stereocenters. The molecule has 1 aromatic rings. The normalized spacial score (nSPS) is 25.6. The van der Waals surface area contributed by atoms with E-state index in [1.165, 1.54) is 6.42 Å². The van der Waals surface area contributed by atoms with Gasteiger partial charge in [-0.3, -0.25) is 0 Å². The van der Waals surface area contributed by atoms with Crippen molar-refractivity contribution in [3.63, 3.8) is 0 Å². The number of allylic oxidation sites excluding steroid dienone is 1. The first-order valence-electron chi connectivity index (χ1n) is 5.01. The van der Waals surface area contributed by atoms with Crippen LogP contribution in [0, 0.1) is 5.92 Å². The fourth-order valence-electron chi connectivity index (χ4n) is 2.38. The summed E-state index contributed by atoms with van der Waals surface area (Å²) in [4.78, 5) is 0. The van der Waals surface area contributed by atoms with Gasteiger partial charge in [0.05, 0.1) is 0 Å². The van der Waals surface area contributed by atoms with Crippen molar-refractivity contribution in [2.45, 2.75) is 25.7 Å². The lowest BCUT2D eigenvalue weighted by Crippen LogP contribution is -2.02. The molecule has 0 saturated heterocycles. The fourth-order valence-corrected chi connectivity index (χ4v) is 2.38. The monoisotopic (exact) mass is 172 g/mol. The molecule has 0 fully saturated rings. The van der Waals surface area contributed by atoms with E-state index in [0.717, 1.165) is 12.3 Å². The Hall–Kier alpha value is -1.04. The lowest BCUT2D eigenvalue weighted by atomic mass is 9.92. The number of benzene rings is 1. The van der Waals surface area contributed by atoms with E-state index < -0.39 is 0 Å². The van der Waals surface area contributed by atoms with Crippen molar-refractivity contribution in [3.8, 4) is 0 Å². The summed E-state index contributed by atoms with van der Waals surface area (Å²) in [6.45, 7) is 6.15. The van der Waals surface area contributed by atoms with Crippen LogP contribution in [0.15, 0.2) is 36.9 Å². The Balaban J connectivity index is 2.27. The molecule has 0 nitrogen and oxygen atoms in total. The number of hydrogen-bond acceptors (Lipinski definition) is 0. The minimum absolute atomic E-state index is 0.717. The van der Waals surface area contributed by atoms with Crippen LogP contribution in [0.25, 0.3) is 0 Å². The topological polar surface area (TPSA) is 0 Å². The standard InChI is InChI=1S/C13H16/c1-3-6-11-9-12-7-4-5-8-13(12)10(11)2/h3-5,7-8,10-11H,1,6,9H2,2H3/t10-,11+/m0/s1. The second kappa shape index (κ2) is 3.37. The average molecular weight is 172 g/mol. The molecule has 0 bridgehead atoms. The maximum atomic E-state index is 3.82. The van der Waals surface area contributed by atoms with Gasteiger partial charge in [0.1, 0.15) is 0 Å². The van der Waals surface area contributed by atoms with Crippen molar-refractivity contribution in [1.82, 2.24) is 0 Å². The summed E-state index contributed by atoms with van der Waals surface area (Å²) in [6.07, 6.45) is 4.44. The summed E-state index contributed by atoms with van der Waals surface area (Å²) in [5.41, 5.74) is 3.09. The molecule has 1 aliphatic carbocycles. The molecule has 0 heterocycles. The fraction of sp³-hybridized carbons (Fsp3) is 0.385. The summed E-state index contributed by atoms with van der Waals surface area (Å²) in [5, 5.41) is 0. The van der Waals surface area contributed by atoms with Gasteiger partial charge in [0, 0.05) is 0 Å². The van der Waals surface area contributed by atoms with Gasteiger partial charge in [0.2, 0.25) is 0 Å². The molecule has 68 valence electrons. The van der Waals surface area contributed by atoms with Crippen LogP contribution in [0.1, 0.15) is 30.4 Å². The van der Waals surface area contributed by atoms with E-state index in [0.29, 0.717) is 5.92 Å². The highest BCUT2D eigenvalue weighted by Gasteiger charge is 2.27. The van der Waals surface area contributed by atoms with Gasteiger partial charge in [-0.1, -0.05) is 37.3 Å². The van der Waals surface area contributed by atoms with Crippen LogP contribution < -0.4 is 0 Å². The minimum atomic E-state index is 0.717. The minimum Gasteiger partial charge on any atom is -0.103 e. The molecule has 0 spiro atoms. The van der Waals surface area contributed by atoms with E-state index in [1.807, 2.05) is 6.08 Å². The summed E-state index contributed by atoms with van der Waals surface area (Å²) in [6, 6.07) is 8.81. The third kappa shape index (κ3) is 1.41. The van der Waals surface area contributed by atoms with Crippen molar-refractivity contribution in [2.75, 3.05) is 0 Å². The van der Waals surface area contributed by atoms with Crippen LogP contribution in [0.4, 0.5) is 0 Å². The molecule has 1 aliphatic rings. The Morgan fingerprint density at radius 1 is 1.46 bits per heavy atom. The lowest BCUT2D eigenvalue weighted by Gasteiger charge is -2.12. The van der Waals surface area contributed by atoms with Gasteiger partial charge in [-0.2, -0.15) is 0 Å². The van der Waals surface area contributed by atoms with Crippen molar-refractivity contribution < 1.29 is 0 Å². The van der Waals surface area contributed by atoms with Gasteiger partial charge in [0.25, 0.3) is 0 Å². The second-order valence-electron chi connectivity index (χ2n) is 3.98. The highest BCUT2D eigenvalue weighted by molar-refractivity contribution is 5.35. The van der Waals surface area contributed by atoms with Crippen LogP contribution in [-0.2, 0) is 6.42 Å². The summed E-state index contributed by atoms with van der Waals surface area (Å²) < 4.78 is 0. The predicted molar refractivity (Wildman–Crippen MR) is 56.9 cm³/mol. The van der Waals surface area contributed by atoms with E-state index in [9.17, 15) is 0 Å². The first-order chi connectivity index (χ1) is 6.33. The Kier molecular flexibility index (Phi) is 2.22. The molecule has 0 amide bonds. The molecule has 13 heavy (non-hydrogen) atoms. The van der Waals surface area contributed by atoms with E-state index in [-0.39, 0.29) is 0 Å². The molecule has 0 aromatic heterocycles. The Morgan fingerprint density at radius 3 is 2.92 bits per heavy atom. The number of fused-ring (bicyclic) bond motifs is 1.